The fourth-order valence-corrected chi connectivity index (χ4v) is 9.43. The predicted molar refractivity (Wildman–Crippen MR) is 208 cm³/mol. The fourth-order valence-electron chi connectivity index (χ4n) is 7.11. The Labute approximate surface area is 284 Å². The highest BCUT2D eigenvalue weighted by molar-refractivity contribution is 7.26. The molecule has 0 saturated carbocycles. The summed E-state index contributed by atoms with van der Waals surface area (Å²) < 4.78 is 11.6. The zero-order valence-corrected chi connectivity index (χ0v) is 27.4. The molecule has 0 N–H and O–H groups in total. The maximum atomic E-state index is 6.33. The lowest BCUT2D eigenvalue weighted by atomic mass is 9.96. The zero-order chi connectivity index (χ0) is 31.6. The average Bonchev–Trinajstić information content (AvgIpc) is 3.82. The quantitative estimate of drug-likeness (QED) is 0.170. The van der Waals surface area contributed by atoms with Crippen molar-refractivity contribution in [3.63, 3.8) is 0 Å². The number of hydrogen-bond acceptors (Lipinski definition) is 4. The summed E-state index contributed by atoms with van der Waals surface area (Å²) in [7, 11) is 0. The normalized spacial score (nSPS) is 12.2. The van der Waals surface area contributed by atoms with Gasteiger partial charge in [0.05, 0.1) is 6.54 Å². The molecular formula is C44H27NOS2. The smallest absolute Gasteiger partial charge is 0.136 e. The molecule has 10 aromatic rings. The van der Waals surface area contributed by atoms with Gasteiger partial charge in [0, 0.05) is 62.9 Å². The lowest BCUT2D eigenvalue weighted by molar-refractivity contribution is 0.669. The Kier molecular flexibility index (Phi) is 6.33. The summed E-state index contributed by atoms with van der Waals surface area (Å²) in [5.74, 6) is 0. The van der Waals surface area contributed by atoms with E-state index < -0.39 is 0 Å². The first-order valence-electron chi connectivity index (χ1n) is 16.1. The maximum absolute atomic E-state index is 6.33. The van der Waals surface area contributed by atoms with Crippen molar-refractivity contribution in [2.45, 2.75) is 6.54 Å². The van der Waals surface area contributed by atoms with Gasteiger partial charge in [-0.2, -0.15) is 0 Å². The van der Waals surface area contributed by atoms with Crippen LogP contribution < -0.4 is 0 Å². The van der Waals surface area contributed by atoms with Crippen LogP contribution in [0.4, 0.5) is 0 Å². The number of fused-ring (bicyclic) bond motifs is 9. The van der Waals surface area contributed by atoms with Gasteiger partial charge in [0.1, 0.15) is 11.2 Å². The topological polar surface area (TPSA) is 25.5 Å². The van der Waals surface area contributed by atoms with Crippen LogP contribution in [0, 0.1) is 0 Å². The second-order valence-corrected chi connectivity index (χ2v) is 14.5. The molecule has 0 aliphatic rings. The Hall–Kier alpha value is -5.55. The number of hydrogen-bond donors (Lipinski definition) is 0. The Morgan fingerprint density at radius 1 is 0.479 bits per heavy atom. The molecule has 0 radical (unpaired) electrons. The van der Waals surface area contributed by atoms with Crippen LogP contribution in [-0.4, -0.2) is 6.21 Å². The van der Waals surface area contributed by atoms with Crippen LogP contribution in [-0.2, 0) is 6.54 Å². The van der Waals surface area contributed by atoms with E-state index in [1.54, 1.807) is 0 Å². The van der Waals surface area contributed by atoms with Crippen LogP contribution >= 0.6 is 22.7 Å². The van der Waals surface area contributed by atoms with E-state index in [0.29, 0.717) is 6.54 Å². The summed E-state index contributed by atoms with van der Waals surface area (Å²) in [4.78, 5) is 4.79. The molecule has 48 heavy (non-hydrogen) atoms. The minimum absolute atomic E-state index is 0.646. The van der Waals surface area contributed by atoms with Gasteiger partial charge in [0.2, 0.25) is 0 Å². The number of rotatable bonds is 5. The van der Waals surface area contributed by atoms with E-state index in [2.05, 4.69) is 127 Å². The number of thiophene rings is 2. The average molecular weight is 650 g/mol. The van der Waals surface area contributed by atoms with Gasteiger partial charge < -0.3 is 4.42 Å². The third kappa shape index (κ3) is 4.49. The largest absolute Gasteiger partial charge is 0.456 e. The van der Waals surface area contributed by atoms with E-state index in [1.165, 1.54) is 68.2 Å². The lowest BCUT2D eigenvalue weighted by Gasteiger charge is -2.06. The molecule has 2 nitrogen and oxygen atoms in total. The zero-order valence-electron chi connectivity index (χ0n) is 25.8. The van der Waals surface area contributed by atoms with Crippen LogP contribution in [0.15, 0.2) is 155 Å². The van der Waals surface area contributed by atoms with Gasteiger partial charge in [-0.3, -0.25) is 4.99 Å². The molecule has 4 heteroatoms. The van der Waals surface area contributed by atoms with Gasteiger partial charge in [-0.1, -0.05) is 103 Å². The lowest BCUT2D eigenvalue weighted by Crippen LogP contribution is -1.86. The molecule has 0 amide bonds. The van der Waals surface area contributed by atoms with Gasteiger partial charge in [-0.05, 0) is 70.3 Å². The van der Waals surface area contributed by atoms with Crippen LogP contribution in [0.5, 0.6) is 0 Å². The van der Waals surface area contributed by atoms with Crippen molar-refractivity contribution in [2.75, 3.05) is 0 Å². The molecule has 0 bridgehead atoms. The molecule has 0 fully saturated rings. The third-order valence-electron chi connectivity index (χ3n) is 9.39. The fraction of sp³-hybridized carbons (Fsp3) is 0.0227. The van der Waals surface area contributed by atoms with Crippen molar-refractivity contribution < 1.29 is 4.42 Å². The maximum Gasteiger partial charge on any atom is 0.136 e. The summed E-state index contributed by atoms with van der Waals surface area (Å²) in [5, 5.41) is 7.49. The van der Waals surface area contributed by atoms with E-state index >= 15 is 0 Å². The van der Waals surface area contributed by atoms with Crippen LogP contribution in [0.1, 0.15) is 11.1 Å². The van der Waals surface area contributed by atoms with Gasteiger partial charge in [0.25, 0.3) is 0 Å². The second-order valence-electron chi connectivity index (χ2n) is 12.3. The van der Waals surface area contributed by atoms with Gasteiger partial charge in [0.15, 0.2) is 0 Å². The number of aliphatic imine (C=N–C) groups is 1. The van der Waals surface area contributed by atoms with Gasteiger partial charge in [-0.15, -0.1) is 22.7 Å². The third-order valence-corrected chi connectivity index (χ3v) is 11.6. The Balaban J connectivity index is 1.07. The molecule has 0 atom stereocenters. The van der Waals surface area contributed by atoms with Crippen LogP contribution in [0.3, 0.4) is 0 Å². The van der Waals surface area contributed by atoms with E-state index in [1.807, 2.05) is 47.1 Å². The molecule has 0 spiro atoms. The van der Waals surface area contributed by atoms with E-state index in [-0.39, 0.29) is 0 Å². The molecular weight excluding hydrogens is 623 g/mol. The minimum atomic E-state index is 0.646. The van der Waals surface area contributed by atoms with E-state index in [4.69, 9.17) is 9.41 Å². The predicted octanol–water partition coefficient (Wildman–Crippen LogP) is 13.3. The number of benzene rings is 7. The second kappa shape index (κ2) is 11.0. The highest BCUT2D eigenvalue weighted by Gasteiger charge is 2.16. The first-order chi connectivity index (χ1) is 23.8. The summed E-state index contributed by atoms with van der Waals surface area (Å²) in [6.45, 7) is 0.646. The van der Waals surface area contributed by atoms with Crippen LogP contribution in [0.25, 0.3) is 84.5 Å². The van der Waals surface area contributed by atoms with E-state index in [0.717, 1.165) is 27.5 Å². The Bertz CT molecular complexity index is 2870. The highest BCUT2D eigenvalue weighted by Crippen LogP contribution is 2.43. The van der Waals surface area contributed by atoms with Crippen molar-refractivity contribution in [3.8, 4) is 22.3 Å². The minimum Gasteiger partial charge on any atom is -0.456 e. The molecule has 0 saturated heterocycles. The van der Waals surface area contributed by atoms with Crippen molar-refractivity contribution in [2.24, 2.45) is 4.99 Å². The van der Waals surface area contributed by atoms with Crippen molar-refractivity contribution in [1.82, 2.24) is 0 Å². The molecule has 10 rings (SSSR count). The molecule has 3 aromatic heterocycles. The molecule has 0 aliphatic heterocycles. The summed E-state index contributed by atoms with van der Waals surface area (Å²) in [5.41, 5.74) is 8.97. The van der Waals surface area contributed by atoms with Crippen molar-refractivity contribution in [1.29, 1.82) is 0 Å². The molecule has 0 aliphatic carbocycles. The Morgan fingerprint density at radius 3 is 2.08 bits per heavy atom. The molecule has 7 aromatic carbocycles. The van der Waals surface area contributed by atoms with Crippen molar-refractivity contribution in [3.05, 3.63) is 157 Å². The number of furan rings is 1. The highest BCUT2D eigenvalue weighted by atomic mass is 32.1. The first-order valence-corrected chi connectivity index (χ1v) is 17.8. The van der Waals surface area contributed by atoms with Gasteiger partial charge >= 0.3 is 0 Å². The first kappa shape index (κ1) is 27.6. The van der Waals surface area contributed by atoms with Crippen molar-refractivity contribution >= 4 is 91.2 Å². The summed E-state index contributed by atoms with van der Waals surface area (Å²) in [6.07, 6.45) is 1.99. The van der Waals surface area contributed by atoms with Gasteiger partial charge in [-0.25, -0.2) is 0 Å². The standard InChI is InChI=1S/C44H27NOS2/c1-2-8-27(9-3-1)25-45-26-31-10-6-13-38-43(31)36-22-30(18-21-37(36)46-38)32-12-7-15-40-44(32)35-20-17-29(24-42(35)48-40)28-16-19-34-33-11-4-5-14-39(33)47-41(34)23-28/h1-24,26H,25H2. The number of nitrogens with zero attached hydrogens (tertiary/aromatic N) is 1. The molecule has 226 valence electrons. The molecule has 3 heterocycles. The summed E-state index contributed by atoms with van der Waals surface area (Å²) in [6, 6.07) is 52.4. The summed E-state index contributed by atoms with van der Waals surface area (Å²) >= 11 is 3.74. The van der Waals surface area contributed by atoms with E-state index in [9.17, 15) is 0 Å². The SMILES string of the molecule is C(=NCc1ccccc1)c1cccc2oc3ccc(-c4cccc5sc6cc(-c7ccc8c(c7)sc7ccccc78)ccc6c45)cc3c12. The van der Waals surface area contributed by atoms with Crippen LogP contribution in [0.2, 0.25) is 0 Å². The Morgan fingerprint density at radius 2 is 1.19 bits per heavy atom. The molecule has 0 unspecified atom stereocenters. The monoisotopic (exact) mass is 649 g/mol.